The summed E-state index contributed by atoms with van der Waals surface area (Å²) in [5.74, 6) is 2.01. The van der Waals surface area contributed by atoms with Crippen molar-refractivity contribution >= 4 is 5.91 Å². The molecular formula is C19H23FN2O. The summed E-state index contributed by atoms with van der Waals surface area (Å²) in [7, 11) is 0. The first-order valence-corrected chi connectivity index (χ1v) is 8.64. The lowest BCUT2D eigenvalue weighted by Gasteiger charge is -2.37. The summed E-state index contributed by atoms with van der Waals surface area (Å²) in [6.45, 7) is 4.50. The number of nitrogens with zero attached hydrogens (tertiary/aromatic N) is 2. The Kier molecular flexibility index (Phi) is 3.93. The molecule has 4 heteroatoms. The molecule has 0 radical (unpaired) electrons. The van der Waals surface area contributed by atoms with Crippen molar-refractivity contribution in [2.24, 2.45) is 17.8 Å². The van der Waals surface area contributed by atoms with E-state index in [-0.39, 0.29) is 11.7 Å². The molecule has 4 rings (SSSR count). The summed E-state index contributed by atoms with van der Waals surface area (Å²) in [5.41, 5.74) is 0.455. The minimum Gasteiger partial charge on any atom is -0.336 e. The maximum absolute atomic E-state index is 13.3. The quantitative estimate of drug-likeness (QED) is 0.801. The number of hydrogen-bond donors (Lipinski definition) is 0. The fraction of sp³-hybridized carbons (Fsp3) is 0.526. The molecule has 122 valence electrons. The van der Waals surface area contributed by atoms with Gasteiger partial charge in [-0.3, -0.25) is 9.69 Å². The van der Waals surface area contributed by atoms with Crippen molar-refractivity contribution in [3.63, 3.8) is 0 Å². The largest absolute Gasteiger partial charge is 0.336 e. The Balaban J connectivity index is 1.30. The predicted molar refractivity (Wildman–Crippen MR) is 87.6 cm³/mol. The van der Waals surface area contributed by atoms with Crippen molar-refractivity contribution in [1.29, 1.82) is 0 Å². The van der Waals surface area contributed by atoms with E-state index in [9.17, 15) is 9.18 Å². The molecule has 1 heterocycles. The summed E-state index contributed by atoms with van der Waals surface area (Å²) in [5, 5.41) is 0. The molecule has 23 heavy (non-hydrogen) atoms. The van der Waals surface area contributed by atoms with E-state index in [0.29, 0.717) is 5.56 Å². The van der Waals surface area contributed by atoms with Gasteiger partial charge in [0.25, 0.3) is 5.91 Å². The van der Waals surface area contributed by atoms with Crippen molar-refractivity contribution in [2.45, 2.75) is 12.8 Å². The lowest BCUT2D eigenvalue weighted by molar-refractivity contribution is 0.0609. The van der Waals surface area contributed by atoms with E-state index in [4.69, 9.17) is 0 Å². The van der Waals surface area contributed by atoms with E-state index in [1.165, 1.54) is 25.0 Å². The fourth-order valence-electron chi connectivity index (χ4n) is 4.37. The molecule has 1 amide bonds. The molecule has 2 aliphatic carbocycles. The van der Waals surface area contributed by atoms with E-state index >= 15 is 0 Å². The number of carbonyl (C=O) groups excluding carboxylic acids is 1. The van der Waals surface area contributed by atoms with Crippen LogP contribution in [-0.2, 0) is 0 Å². The third kappa shape index (κ3) is 3.05. The maximum Gasteiger partial charge on any atom is 0.254 e. The second kappa shape index (κ2) is 6.08. The maximum atomic E-state index is 13.3. The summed E-state index contributed by atoms with van der Waals surface area (Å²) < 4.78 is 13.3. The third-order valence-electron chi connectivity index (χ3n) is 5.64. The van der Waals surface area contributed by atoms with Gasteiger partial charge in [0.2, 0.25) is 0 Å². The zero-order valence-corrected chi connectivity index (χ0v) is 13.3. The van der Waals surface area contributed by atoms with Crippen LogP contribution < -0.4 is 0 Å². The van der Waals surface area contributed by atoms with E-state index in [0.717, 1.165) is 50.5 Å². The first kappa shape index (κ1) is 14.9. The Labute approximate surface area is 136 Å². The first-order valence-electron chi connectivity index (χ1n) is 8.64. The van der Waals surface area contributed by atoms with Crippen LogP contribution in [0.2, 0.25) is 0 Å². The van der Waals surface area contributed by atoms with Gasteiger partial charge in [0.05, 0.1) is 0 Å². The highest BCUT2D eigenvalue weighted by atomic mass is 19.1. The Morgan fingerprint density at radius 3 is 2.61 bits per heavy atom. The highest BCUT2D eigenvalue weighted by molar-refractivity contribution is 5.94. The Morgan fingerprint density at radius 2 is 1.96 bits per heavy atom. The molecule has 1 aromatic carbocycles. The summed E-state index contributed by atoms with van der Waals surface area (Å²) >= 11 is 0. The number of amides is 1. The molecule has 2 fully saturated rings. The summed E-state index contributed by atoms with van der Waals surface area (Å²) in [6, 6.07) is 6.00. The molecule has 1 saturated heterocycles. The Morgan fingerprint density at radius 1 is 1.13 bits per heavy atom. The minimum atomic E-state index is -0.348. The number of fused-ring (bicyclic) bond motifs is 2. The number of allylic oxidation sites excluding steroid dienone is 2. The average molecular weight is 314 g/mol. The molecule has 1 aliphatic heterocycles. The van der Waals surface area contributed by atoms with Crippen molar-refractivity contribution in [3.05, 3.63) is 47.8 Å². The van der Waals surface area contributed by atoms with Crippen LogP contribution >= 0.6 is 0 Å². The lowest BCUT2D eigenvalue weighted by Crippen LogP contribution is -2.50. The van der Waals surface area contributed by atoms with Gasteiger partial charge in [-0.05, 0) is 48.8 Å². The van der Waals surface area contributed by atoms with Gasteiger partial charge in [0.1, 0.15) is 5.82 Å². The molecule has 3 aliphatic rings. The molecular weight excluding hydrogens is 291 g/mol. The Hall–Kier alpha value is -1.68. The van der Waals surface area contributed by atoms with Gasteiger partial charge in [-0.1, -0.05) is 18.2 Å². The van der Waals surface area contributed by atoms with Crippen LogP contribution in [0.5, 0.6) is 0 Å². The first-order chi connectivity index (χ1) is 11.2. The molecule has 0 N–H and O–H groups in total. The minimum absolute atomic E-state index is 0.0491. The van der Waals surface area contributed by atoms with Gasteiger partial charge in [0.15, 0.2) is 0 Å². The van der Waals surface area contributed by atoms with Gasteiger partial charge in [-0.2, -0.15) is 0 Å². The van der Waals surface area contributed by atoms with Crippen molar-refractivity contribution in [1.82, 2.24) is 9.80 Å². The molecule has 2 bridgehead atoms. The van der Waals surface area contributed by atoms with Crippen LogP contribution in [0.4, 0.5) is 4.39 Å². The van der Waals surface area contributed by atoms with E-state index in [1.54, 1.807) is 12.1 Å². The molecule has 3 atom stereocenters. The lowest BCUT2D eigenvalue weighted by atomic mass is 9.93. The zero-order valence-electron chi connectivity index (χ0n) is 13.3. The summed E-state index contributed by atoms with van der Waals surface area (Å²) in [4.78, 5) is 16.8. The van der Waals surface area contributed by atoms with Crippen LogP contribution in [-0.4, -0.2) is 48.4 Å². The molecule has 1 aromatic rings. The fourth-order valence-corrected chi connectivity index (χ4v) is 4.37. The monoisotopic (exact) mass is 314 g/mol. The van der Waals surface area contributed by atoms with Crippen LogP contribution in [0.1, 0.15) is 23.2 Å². The number of benzene rings is 1. The average Bonchev–Trinajstić information content (AvgIpc) is 3.18. The molecule has 3 nitrogen and oxygen atoms in total. The van der Waals surface area contributed by atoms with Crippen LogP contribution in [0.15, 0.2) is 36.4 Å². The van der Waals surface area contributed by atoms with Crippen LogP contribution in [0.25, 0.3) is 0 Å². The second-order valence-corrected chi connectivity index (χ2v) is 7.14. The van der Waals surface area contributed by atoms with E-state index in [2.05, 4.69) is 17.1 Å². The van der Waals surface area contributed by atoms with E-state index in [1.807, 2.05) is 4.90 Å². The molecule has 1 saturated carbocycles. The van der Waals surface area contributed by atoms with Gasteiger partial charge >= 0.3 is 0 Å². The SMILES string of the molecule is O=C(c1cccc(F)c1)N1CCN(C[C@@H]2C[C@H]3C=C[C@H]2C3)CC1. The number of halogens is 1. The number of rotatable bonds is 3. The van der Waals surface area contributed by atoms with Gasteiger partial charge in [-0.25, -0.2) is 4.39 Å². The normalized spacial score (nSPS) is 30.1. The van der Waals surface area contributed by atoms with Gasteiger partial charge in [-0.15, -0.1) is 0 Å². The Bertz CT molecular complexity index is 622. The standard InChI is InChI=1S/C19H23FN2O/c20-18-3-1-2-16(12-18)19(23)22-8-6-21(7-9-22)13-17-11-14-4-5-15(17)10-14/h1-5,12,14-15,17H,6-11,13H2/t14-,15-,17-/m0/s1. The van der Waals surface area contributed by atoms with E-state index < -0.39 is 0 Å². The number of piperazine rings is 1. The highest BCUT2D eigenvalue weighted by Gasteiger charge is 2.36. The number of hydrogen-bond acceptors (Lipinski definition) is 2. The van der Waals surface area contributed by atoms with Crippen LogP contribution in [0, 0.1) is 23.6 Å². The van der Waals surface area contributed by atoms with Gasteiger partial charge < -0.3 is 4.90 Å². The van der Waals surface area contributed by atoms with Crippen molar-refractivity contribution in [3.8, 4) is 0 Å². The smallest absolute Gasteiger partial charge is 0.254 e. The molecule has 0 unspecified atom stereocenters. The van der Waals surface area contributed by atoms with Gasteiger partial charge in [0, 0.05) is 38.3 Å². The predicted octanol–water partition coefficient (Wildman–Crippen LogP) is 2.80. The molecule has 0 aromatic heterocycles. The third-order valence-corrected chi connectivity index (χ3v) is 5.64. The van der Waals surface area contributed by atoms with Crippen molar-refractivity contribution in [2.75, 3.05) is 32.7 Å². The number of carbonyl (C=O) groups is 1. The summed E-state index contributed by atoms with van der Waals surface area (Å²) in [6.07, 6.45) is 7.48. The topological polar surface area (TPSA) is 23.6 Å². The highest BCUT2D eigenvalue weighted by Crippen LogP contribution is 2.43. The molecule has 0 spiro atoms. The van der Waals surface area contributed by atoms with Crippen molar-refractivity contribution < 1.29 is 9.18 Å². The second-order valence-electron chi connectivity index (χ2n) is 7.14. The zero-order chi connectivity index (χ0) is 15.8. The van der Waals surface area contributed by atoms with Crippen LogP contribution in [0.3, 0.4) is 0 Å².